The average molecular weight is 323 g/mol. The maximum atomic E-state index is 11.8. The molecule has 0 spiro atoms. The Labute approximate surface area is 120 Å². The topological polar surface area (TPSA) is 62.1 Å². The predicted molar refractivity (Wildman–Crippen MR) is 75.7 cm³/mol. The van der Waals surface area contributed by atoms with Crippen LogP contribution in [-0.4, -0.2) is 18.6 Å². The van der Waals surface area contributed by atoms with Crippen molar-refractivity contribution >= 4 is 27.5 Å². The first kappa shape index (κ1) is 14.0. The molecule has 5 heteroatoms. The number of carbonyl (C=O) groups excluding carboxylic acids is 1. The maximum absolute atomic E-state index is 11.8. The first-order valence-corrected chi connectivity index (χ1v) is 7.09. The highest BCUT2D eigenvalue weighted by Gasteiger charge is 2.17. The van der Waals surface area contributed by atoms with Crippen molar-refractivity contribution in [1.82, 2.24) is 0 Å². The quantitative estimate of drug-likeness (QED) is 0.925. The van der Waals surface area contributed by atoms with E-state index < -0.39 is 0 Å². The van der Waals surface area contributed by atoms with Gasteiger partial charge in [-0.2, -0.15) is 5.26 Å². The van der Waals surface area contributed by atoms with Gasteiger partial charge < -0.3 is 10.1 Å². The number of nitrogens with zero attached hydrogens (tertiary/aromatic N) is 1. The molecule has 1 aromatic rings. The number of hydrogen-bond acceptors (Lipinski definition) is 3. The summed E-state index contributed by atoms with van der Waals surface area (Å²) >= 11 is 3.30. The zero-order valence-electron chi connectivity index (χ0n) is 10.5. The molecule has 1 fully saturated rings. The third kappa shape index (κ3) is 4.05. The first-order valence-electron chi connectivity index (χ1n) is 6.30. The summed E-state index contributed by atoms with van der Waals surface area (Å²) in [5.74, 6) is -0.0747. The highest BCUT2D eigenvalue weighted by atomic mass is 79.9. The fourth-order valence-corrected chi connectivity index (χ4v) is 2.46. The predicted octanol–water partition coefficient (Wildman–Crippen LogP) is 3.22. The molecule has 2 rings (SSSR count). The minimum absolute atomic E-state index is 0.0747. The Kier molecular flexibility index (Phi) is 4.94. The number of amides is 1. The van der Waals surface area contributed by atoms with Crippen LogP contribution in [0.3, 0.4) is 0 Å². The molecule has 0 aromatic heterocycles. The monoisotopic (exact) mass is 322 g/mol. The van der Waals surface area contributed by atoms with Gasteiger partial charge in [-0.1, -0.05) is 15.9 Å². The van der Waals surface area contributed by atoms with Crippen LogP contribution >= 0.6 is 15.9 Å². The van der Waals surface area contributed by atoms with Crippen LogP contribution in [0.1, 0.15) is 31.2 Å². The van der Waals surface area contributed by atoms with Gasteiger partial charge in [0.1, 0.15) is 6.07 Å². The van der Waals surface area contributed by atoms with Crippen molar-refractivity contribution in [3.05, 3.63) is 28.2 Å². The number of carbonyl (C=O) groups is 1. The van der Waals surface area contributed by atoms with Gasteiger partial charge in [0.05, 0.1) is 17.4 Å². The van der Waals surface area contributed by atoms with E-state index >= 15 is 0 Å². The van der Waals surface area contributed by atoms with Gasteiger partial charge in [-0.3, -0.25) is 4.79 Å². The van der Waals surface area contributed by atoms with Gasteiger partial charge in [-0.25, -0.2) is 0 Å². The summed E-state index contributed by atoms with van der Waals surface area (Å²) < 4.78 is 6.30. The van der Waals surface area contributed by atoms with Crippen LogP contribution in [0.5, 0.6) is 0 Å². The molecule has 1 aliphatic heterocycles. The summed E-state index contributed by atoms with van der Waals surface area (Å²) in [5.41, 5.74) is 1.02. The fourth-order valence-electron chi connectivity index (χ4n) is 2.09. The van der Waals surface area contributed by atoms with Gasteiger partial charge in [0, 0.05) is 17.5 Å². The summed E-state index contributed by atoms with van der Waals surface area (Å²) in [5, 5.41) is 11.8. The molecule has 100 valence electrons. The van der Waals surface area contributed by atoms with Crippen LogP contribution in [0.2, 0.25) is 0 Å². The Morgan fingerprint density at radius 3 is 3.11 bits per heavy atom. The molecule has 19 heavy (non-hydrogen) atoms. The molecule has 0 aliphatic carbocycles. The number of nitrogens with one attached hydrogen (secondary N) is 1. The van der Waals surface area contributed by atoms with E-state index in [1.54, 1.807) is 18.2 Å². The number of ether oxygens (including phenoxy) is 1. The van der Waals surface area contributed by atoms with Crippen molar-refractivity contribution in [3.8, 4) is 6.07 Å². The molecule has 0 bridgehead atoms. The Hall–Kier alpha value is -1.38. The molecular weight excluding hydrogens is 308 g/mol. The lowest BCUT2D eigenvalue weighted by atomic mass is 10.1. The Bertz CT molecular complexity index is 505. The summed E-state index contributed by atoms with van der Waals surface area (Å²) in [6, 6.07) is 7.29. The second kappa shape index (κ2) is 6.69. The lowest BCUT2D eigenvalue weighted by Gasteiger charge is -2.10. The SMILES string of the molecule is N#Cc1cc(Br)ccc1NC(=O)CCC1CCCO1. The largest absolute Gasteiger partial charge is 0.378 e. The van der Waals surface area contributed by atoms with E-state index in [0.717, 1.165) is 30.3 Å². The van der Waals surface area contributed by atoms with Gasteiger partial charge in [0.15, 0.2) is 0 Å². The van der Waals surface area contributed by atoms with Gasteiger partial charge in [-0.05, 0) is 37.5 Å². The van der Waals surface area contributed by atoms with E-state index in [0.29, 0.717) is 17.7 Å². The second-order valence-electron chi connectivity index (χ2n) is 4.52. The van der Waals surface area contributed by atoms with E-state index in [9.17, 15) is 4.79 Å². The van der Waals surface area contributed by atoms with Crippen LogP contribution in [0.25, 0.3) is 0 Å². The number of rotatable bonds is 4. The summed E-state index contributed by atoms with van der Waals surface area (Å²) in [6.07, 6.45) is 3.49. The number of anilines is 1. The van der Waals surface area contributed by atoms with Gasteiger partial charge in [-0.15, -0.1) is 0 Å². The number of hydrogen-bond donors (Lipinski definition) is 1. The van der Waals surface area contributed by atoms with Crippen LogP contribution < -0.4 is 5.32 Å². The zero-order chi connectivity index (χ0) is 13.7. The van der Waals surface area contributed by atoms with Gasteiger partial charge in [0.2, 0.25) is 5.91 Å². The van der Waals surface area contributed by atoms with Crippen molar-refractivity contribution < 1.29 is 9.53 Å². The van der Waals surface area contributed by atoms with Crippen LogP contribution in [0.15, 0.2) is 22.7 Å². The summed E-state index contributed by atoms with van der Waals surface area (Å²) in [6.45, 7) is 0.803. The highest BCUT2D eigenvalue weighted by molar-refractivity contribution is 9.10. The molecule has 1 aliphatic rings. The average Bonchev–Trinajstić information content (AvgIpc) is 2.91. The van der Waals surface area contributed by atoms with E-state index in [-0.39, 0.29) is 12.0 Å². The normalized spacial score (nSPS) is 18.0. The number of halogens is 1. The summed E-state index contributed by atoms with van der Waals surface area (Å²) in [4.78, 5) is 11.8. The molecule has 4 nitrogen and oxygen atoms in total. The molecular formula is C14H15BrN2O2. The van der Waals surface area contributed by atoms with E-state index in [1.807, 2.05) is 0 Å². The van der Waals surface area contributed by atoms with Gasteiger partial charge >= 0.3 is 0 Å². The Balaban J connectivity index is 1.89. The zero-order valence-corrected chi connectivity index (χ0v) is 12.1. The third-order valence-electron chi connectivity index (χ3n) is 3.09. The maximum Gasteiger partial charge on any atom is 0.224 e. The fraction of sp³-hybridized carbons (Fsp3) is 0.429. The molecule has 1 amide bonds. The number of nitriles is 1. The third-order valence-corrected chi connectivity index (χ3v) is 3.59. The van der Waals surface area contributed by atoms with Crippen molar-refractivity contribution in [2.45, 2.75) is 31.8 Å². The van der Waals surface area contributed by atoms with E-state index in [4.69, 9.17) is 10.00 Å². The molecule has 1 saturated heterocycles. The van der Waals surface area contributed by atoms with Crippen molar-refractivity contribution in [1.29, 1.82) is 5.26 Å². The van der Waals surface area contributed by atoms with E-state index in [1.165, 1.54) is 0 Å². The first-order chi connectivity index (χ1) is 9.19. The molecule has 1 heterocycles. The molecule has 1 atom stereocenters. The smallest absolute Gasteiger partial charge is 0.224 e. The van der Waals surface area contributed by atoms with Crippen molar-refractivity contribution in [3.63, 3.8) is 0 Å². The Morgan fingerprint density at radius 2 is 2.42 bits per heavy atom. The molecule has 0 radical (unpaired) electrons. The lowest BCUT2D eigenvalue weighted by Crippen LogP contribution is -2.15. The molecule has 1 unspecified atom stereocenters. The standard InChI is InChI=1S/C14H15BrN2O2/c15-11-3-5-13(10(8-11)9-16)17-14(18)6-4-12-2-1-7-19-12/h3,5,8,12H,1-2,4,6-7H2,(H,17,18). The van der Waals surface area contributed by atoms with Crippen LogP contribution in [0.4, 0.5) is 5.69 Å². The molecule has 0 saturated carbocycles. The summed E-state index contributed by atoms with van der Waals surface area (Å²) in [7, 11) is 0. The van der Waals surface area contributed by atoms with Crippen molar-refractivity contribution in [2.75, 3.05) is 11.9 Å². The Morgan fingerprint density at radius 1 is 1.58 bits per heavy atom. The minimum Gasteiger partial charge on any atom is -0.378 e. The molecule has 1 aromatic carbocycles. The second-order valence-corrected chi connectivity index (χ2v) is 5.44. The minimum atomic E-state index is -0.0747. The number of benzene rings is 1. The highest BCUT2D eigenvalue weighted by Crippen LogP contribution is 2.21. The molecule has 1 N–H and O–H groups in total. The lowest BCUT2D eigenvalue weighted by molar-refractivity contribution is -0.116. The van der Waals surface area contributed by atoms with Gasteiger partial charge in [0.25, 0.3) is 0 Å². The van der Waals surface area contributed by atoms with Crippen molar-refractivity contribution in [2.24, 2.45) is 0 Å². The van der Waals surface area contributed by atoms with Crippen LogP contribution in [-0.2, 0) is 9.53 Å². The van der Waals surface area contributed by atoms with E-state index in [2.05, 4.69) is 27.3 Å². The van der Waals surface area contributed by atoms with Crippen LogP contribution in [0, 0.1) is 11.3 Å².